The number of esters is 1. The Balaban J connectivity index is 2.21. The Labute approximate surface area is 156 Å². The summed E-state index contributed by atoms with van der Waals surface area (Å²) in [5.41, 5.74) is 1.71. The second-order valence-corrected chi connectivity index (χ2v) is 6.46. The van der Waals surface area contributed by atoms with Gasteiger partial charge in [0.1, 0.15) is 5.75 Å². The summed E-state index contributed by atoms with van der Waals surface area (Å²) in [5.74, 6) is 0.329. The molecule has 1 atom stereocenters. The van der Waals surface area contributed by atoms with Crippen molar-refractivity contribution in [2.24, 2.45) is 0 Å². The largest absolute Gasteiger partial charge is 0.494 e. The van der Waals surface area contributed by atoms with Gasteiger partial charge in [0.15, 0.2) is 0 Å². The van der Waals surface area contributed by atoms with Gasteiger partial charge in [-0.2, -0.15) is 0 Å². The molecule has 0 fully saturated rings. The third-order valence-electron chi connectivity index (χ3n) is 3.69. The number of benzene rings is 1. The fourth-order valence-corrected chi connectivity index (χ4v) is 2.72. The summed E-state index contributed by atoms with van der Waals surface area (Å²) in [6.45, 7) is 4.71. The molecule has 136 valence electrons. The molecule has 0 aromatic heterocycles. The molecule has 1 aromatic rings. The first-order valence-electron chi connectivity index (χ1n) is 8.31. The maximum absolute atomic E-state index is 12.5. The Morgan fingerprint density at radius 1 is 1.24 bits per heavy atom. The van der Waals surface area contributed by atoms with E-state index in [1.807, 2.05) is 31.2 Å². The molecule has 25 heavy (non-hydrogen) atoms. The van der Waals surface area contributed by atoms with Crippen molar-refractivity contribution >= 4 is 27.9 Å². The number of allylic oxidation sites excluding steroid dienone is 1. The molecule has 1 heterocycles. The van der Waals surface area contributed by atoms with Crippen molar-refractivity contribution in [2.45, 2.75) is 32.7 Å². The van der Waals surface area contributed by atoms with Gasteiger partial charge in [-0.3, -0.25) is 0 Å². The number of hydrogen-bond acceptors (Lipinski definition) is 4. The highest BCUT2D eigenvalue weighted by Gasteiger charge is 2.32. The summed E-state index contributed by atoms with van der Waals surface area (Å²) in [4.78, 5) is 24.3. The van der Waals surface area contributed by atoms with Crippen LogP contribution in [-0.2, 0) is 9.53 Å². The van der Waals surface area contributed by atoms with E-state index < -0.39 is 12.0 Å². The van der Waals surface area contributed by atoms with Crippen LogP contribution >= 0.6 is 15.9 Å². The van der Waals surface area contributed by atoms with Gasteiger partial charge in [0.25, 0.3) is 0 Å². The van der Waals surface area contributed by atoms with E-state index in [-0.39, 0.29) is 6.03 Å². The van der Waals surface area contributed by atoms with E-state index in [0.717, 1.165) is 29.5 Å². The molecule has 0 radical (unpaired) electrons. The standard InChI is InChI=1S/C18H23BrN2O4/c1-3-10-24-14-7-5-13(6-8-14)16-15(12(2)20-18(23)21-16)17(22)25-11-4-9-19/h5-8,16H,3-4,9-11H2,1-2H3,(H2,20,21,23)/t16-/m1/s1. The number of rotatable bonds is 8. The van der Waals surface area contributed by atoms with E-state index in [4.69, 9.17) is 9.47 Å². The lowest BCUT2D eigenvalue weighted by Gasteiger charge is -2.28. The van der Waals surface area contributed by atoms with Crippen LogP contribution in [0.2, 0.25) is 0 Å². The molecule has 0 aliphatic carbocycles. The van der Waals surface area contributed by atoms with Crippen LogP contribution in [0.25, 0.3) is 0 Å². The molecule has 1 aliphatic heterocycles. The summed E-state index contributed by atoms with van der Waals surface area (Å²) in [7, 11) is 0. The quantitative estimate of drug-likeness (QED) is 0.391. The summed E-state index contributed by atoms with van der Waals surface area (Å²) in [6, 6.07) is 6.47. The highest BCUT2D eigenvalue weighted by atomic mass is 79.9. The number of urea groups is 1. The molecule has 0 bridgehead atoms. The monoisotopic (exact) mass is 410 g/mol. The lowest BCUT2D eigenvalue weighted by atomic mass is 9.95. The predicted octanol–water partition coefficient (Wildman–Crippen LogP) is 3.43. The fraction of sp³-hybridized carbons (Fsp3) is 0.444. The van der Waals surface area contributed by atoms with Crippen LogP contribution in [0.15, 0.2) is 35.5 Å². The van der Waals surface area contributed by atoms with Crippen molar-refractivity contribution < 1.29 is 19.1 Å². The van der Waals surface area contributed by atoms with E-state index in [1.54, 1.807) is 6.92 Å². The minimum Gasteiger partial charge on any atom is -0.494 e. The highest BCUT2D eigenvalue weighted by Crippen LogP contribution is 2.28. The number of carbonyl (C=O) groups excluding carboxylic acids is 2. The molecule has 0 unspecified atom stereocenters. The number of alkyl halides is 1. The Hall–Kier alpha value is -2.02. The first-order valence-corrected chi connectivity index (χ1v) is 9.43. The van der Waals surface area contributed by atoms with Crippen LogP contribution in [0, 0.1) is 0 Å². The Morgan fingerprint density at radius 2 is 1.96 bits per heavy atom. The summed E-state index contributed by atoms with van der Waals surface area (Å²) in [5, 5.41) is 6.18. The van der Waals surface area contributed by atoms with Crippen LogP contribution in [0.3, 0.4) is 0 Å². The van der Waals surface area contributed by atoms with Crippen molar-refractivity contribution in [2.75, 3.05) is 18.5 Å². The zero-order valence-electron chi connectivity index (χ0n) is 14.4. The smallest absolute Gasteiger partial charge is 0.338 e. The average molecular weight is 411 g/mol. The maximum atomic E-state index is 12.5. The van der Waals surface area contributed by atoms with Crippen molar-refractivity contribution in [1.29, 1.82) is 0 Å². The van der Waals surface area contributed by atoms with Crippen LogP contribution < -0.4 is 15.4 Å². The third kappa shape index (κ3) is 5.22. The van der Waals surface area contributed by atoms with Crippen molar-refractivity contribution in [3.8, 4) is 5.75 Å². The Morgan fingerprint density at radius 3 is 2.60 bits per heavy atom. The first-order chi connectivity index (χ1) is 12.1. The molecular weight excluding hydrogens is 388 g/mol. The fourth-order valence-electron chi connectivity index (χ4n) is 2.49. The van der Waals surface area contributed by atoms with E-state index in [9.17, 15) is 9.59 Å². The number of halogens is 1. The van der Waals surface area contributed by atoms with Gasteiger partial charge in [-0.15, -0.1) is 0 Å². The summed E-state index contributed by atoms with van der Waals surface area (Å²) >= 11 is 3.30. The van der Waals surface area contributed by atoms with Gasteiger partial charge < -0.3 is 20.1 Å². The lowest BCUT2D eigenvalue weighted by molar-refractivity contribution is -0.139. The molecule has 1 aromatic carbocycles. The topological polar surface area (TPSA) is 76.7 Å². The van der Waals surface area contributed by atoms with Crippen molar-refractivity contribution in [1.82, 2.24) is 10.6 Å². The second kappa shape index (κ2) is 9.46. The van der Waals surface area contributed by atoms with E-state index in [1.165, 1.54) is 0 Å². The van der Waals surface area contributed by atoms with Crippen LogP contribution in [0.1, 0.15) is 38.3 Å². The van der Waals surface area contributed by atoms with Gasteiger partial charge in [0, 0.05) is 11.0 Å². The Bertz CT molecular complexity index is 643. The van der Waals surface area contributed by atoms with E-state index >= 15 is 0 Å². The van der Waals surface area contributed by atoms with E-state index in [2.05, 4.69) is 26.6 Å². The van der Waals surface area contributed by atoms with Crippen LogP contribution in [-0.4, -0.2) is 30.5 Å². The van der Waals surface area contributed by atoms with Gasteiger partial charge in [-0.1, -0.05) is 35.0 Å². The van der Waals surface area contributed by atoms with Gasteiger partial charge in [0.05, 0.1) is 24.8 Å². The van der Waals surface area contributed by atoms with Gasteiger partial charge in [-0.25, -0.2) is 9.59 Å². The number of ether oxygens (including phenoxy) is 2. The molecule has 0 saturated carbocycles. The SMILES string of the molecule is CCCOc1ccc([C@H]2NC(=O)NC(C)=C2C(=O)OCCCBr)cc1. The maximum Gasteiger partial charge on any atom is 0.338 e. The average Bonchev–Trinajstić information content (AvgIpc) is 2.59. The molecule has 0 saturated heterocycles. The molecule has 2 amide bonds. The summed E-state index contributed by atoms with van der Waals surface area (Å²) < 4.78 is 10.9. The lowest BCUT2D eigenvalue weighted by Crippen LogP contribution is -2.45. The highest BCUT2D eigenvalue weighted by molar-refractivity contribution is 9.09. The van der Waals surface area contributed by atoms with Gasteiger partial charge in [0.2, 0.25) is 0 Å². The minimum atomic E-state index is -0.551. The zero-order chi connectivity index (χ0) is 18.2. The molecular formula is C18H23BrN2O4. The van der Waals surface area contributed by atoms with E-state index in [0.29, 0.717) is 24.5 Å². The third-order valence-corrected chi connectivity index (χ3v) is 4.25. The van der Waals surface area contributed by atoms with Crippen molar-refractivity contribution in [3.05, 3.63) is 41.1 Å². The Kier molecular flexibility index (Phi) is 7.31. The first kappa shape index (κ1) is 19.3. The molecule has 1 aliphatic rings. The predicted molar refractivity (Wildman–Crippen MR) is 98.7 cm³/mol. The zero-order valence-corrected chi connectivity index (χ0v) is 16.0. The van der Waals surface area contributed by atoms with Crippen molar-refractivity contribution in [3.63, 3.8) is 0 Å². The number of hydrogen-bond donors (Lipinski definition) is 2. The second-order valence-electron chi connectivity index (χ2n) is 5.67. The van der Waals surface area contributed by atoms with Gasteiger partial charge >= 0.3 is 12.0 Å². The molecule has 6 nitrogen and oxygen atoms in total. The van der Waals surface area contributed by atoms with Crippen LogP contribution in [0.5, 0.6) is 5.75 Å². The molecule has 2 N–H and O–H groups in total. The number of amides is 2. The minimum absolute atomic E-state index is 0.325. The summed E-state index contributed by atoms with van der Waals surface area (Å²) in [6.07, 6.45) is 1.66. The number of nitrogens with one attached hydrogen (secondary N) is 2. The molecule has 7 heteroatoms. The van der Waals surface area contributed by atoms with Crippen LogP contribution in [0.4, 0.5) is 4.79 Å². The molecule has 0 spiro atoms. The normalized spacial score (nSPS) is 16.9. The molecule has 2 rings (SSSR count). The number of carbonyl (C=O) groups is 2. The van der Waals surface area contributed by atoms with Gasteiger partial charge in [-0.05, 0) is 37.5 Å².